The van der Waals surface area contributed by atoms with Gasteiger partial charge in [0.05, 0.1) is 11.3 Å². The minimum absolute atomic E-state index is 0.0362. The first-order valence-corrected chi connectivity index (χ1v) is 10.8. The minimum Gasteiger partial charge on any atom is -0.475 e. The van der Waals surface area contributed by atoms with Crippen molar-refractivity contribution in [2.45, 2.75) is 0 Å². The van der Waals surface area contributed by atoms with E-state index in [0.717, 1.165) is 17.2 Å². The van der Waals surface area contributed by atoms with E-state index in [2.05, 4.69) is 31.8 Å². The molecule has 3 aromatic heterocycles. The number of pyridine rings is 2. The minimum atomic E-state index is -3.16. The van der Waals surface area contributed by atoms with Gasteiger partial charge in [0, 0.05) is 29.6 Å². The highest BCUT2D eigenvalue weighted by Crippen LogP contribution is 2.17. The average molecular weight is 404 g/mol. The topological polar surface area (TPSA) is 94.9 Å². The Morgan fingerprint density at radius 2 is 1.83 bits per heavy atom. The van der Waals surface area contributed by atoms with Crippen LogP contribution < -0.4 is 4.74 Å². The van der Waals surface area contributed by atoms with Crippen molar-refractivity contribution in [2.24, 2.45) is 0 Å². The summed E-state index contributed by atoms with van der Waals surface area (Å²) in [5.41, 5.74) is 2.87. The van der Waals surface area contributed by atoms with E-state index in [4.69, 9.17) is 4.74 Å². The molecule has 0 N–H and O–H groups in total. The van der Waals surface area contributed by atoms with Crippen molar-refractivity contribution in [1.82, 2.24) is 19.9 Å². The standard InChI is InChI=1S/C21H16N4O3S/c1-29(26,27)12-11-28-21-19(24-20-18(25-21)7-4-10-22-20)9-8-15-13-16-5-2-3-6-17(16)23-14-15/h2-7,10,13-14H,11-12H2,1H3. The van der Waals surface area contributed by atoms with Gasteiger partial charge in [0.2, 0.25) is 5.88 Å². The SMILES string of the molecule is CS(=O)(=O)CCOc1nc2cccnc2nc1C#Cc1cnc2ccccc2c1. The third-order valence-corrected chi connectivity index (χ3v) is 4.93. The van der Waals surface area contributed by atoms with Crippen molar-refractivity contribution in [1.29, 1.82) is 0 Å². The highest BCUT2D eigenvalue weighted by molar-refractivity contribution is 7.90. The number of hydrogen-bond donors (Lipinski definition) is 0. The molecule has 0 spiro atoms. The zero-order valence-corrected chi connectivity index (χ0v) is 16.3. The Morgan fingerprint density at radius 3 is 2.69 bits per heavy atom. The Hall–Kier alpha value is -3.57. The fourth-order valence-electron chi connectivity index (χ4n) is 2.62. The molecular formula is C21H16N4O3S. The number of aromatic nitrogens is 4. The summed E-state index contributed by atoms with van der Waals surface area (Å²) in [4.78, 5) is 17.4. The van der Waals surface area contributed by atoms with E-state index in [-0.39, 0.29) is 23.9 Å². The molecule has 0 aliphatic heterocycles. The Morgan fingerprint density at radius 1 is 1.00 bits per heavy atom. The van der Waals surface area contributed by atoms with E-state index >= 15 is 0 Å². The molecule has 7 nitrogen and oxygen atoms in total. The van der Waals surface area contributed by atoms with Crippen LogP contribution >= 0.6 is 0 Å². The fraction of sp³-hybridized carbons (Fsp3) is 0.143. The van der Waals surface area contributed by atoms with Crippen molar-refractivity contribution >= 4 is 31.9 Å². The van der Waals surface area contributed by atoms with Crippen molar-refractivity contribution in [3.63, 3.8) is 0 Å². The van der Waals surface area contributed by atoms with E-state index in [9.17, 15) is 8.42 Å². The summed E-state index contributed by atoms with van der Waals surface area (Å²) >= 11 is 0. The van der Waals surface area contributed by atoms with E-state index in [1.54, 1.807) is 24.5 Å². The van der Waals surface area contributed by atoms with Crippen LogP contribution in [0, 0.1) is 11.8 Å². The average Bonchev–Trinajstić information content (AvgIpc) is 2.71. The summed E-state index contributed by atoms with van der Waals surface area (Å²) in [6.45, 7) is -0.0362. The first-order chi connectivity index (χ1) is 14.0. The van der Waals surface area contributed by atoms with Gasteiger partial charge in [-0.1, -0.05) is 24.1 Å². The summed E-state index contributed by atoms with van der Waals surface area (Å²) in [7, 11) is -3.16. The van der Waals surface area contributed by atoms with Crippen molar-refractivity contribution < 1.29 is 13.2 Å². The molecule has 4 rings (SSSR count). The van der Waals surface area contributed by atoms with Gasteiger partial charge < -0.3 is 4.74 Å². The second-order valence-corrected chi connectivity index (χ2v) is 8.63. The van der Waals surface area contributed by atoms with E-state index < -0.39 is 9.84 Å². The molecule has 0 saturated heterocycles. The molecule has 3 heterocycles. The number of nitrogens with zero attached hydrogens (tertiary/aromatic N) is 4. The normalized spacial score (nSPS) is 11.2. The first kappa shape index (κ1) is 18.8. The Kier molecular flexibility index (Phi) is 5.06. The summed E-state index contributed by atoms with van der Waals surface area (Å²) in [6.07, 6.45) is 4.46. The Bertz CT molecular complexity index is 1380. The lowest BCUT2D eigenvalue weighted by Gasteiger charge is -2.07. The lowest BCUT2D eigenvalue weighted by Crippen LogP contribution is -2.13. The quantitative estimate of drug-likeness (QED) is 0.482. The van der Waals surface area contributed by atoms with Crippen LogP contribution in [0.2, 0.25) is 0 Å². The van der Waals surface area contributed by atoms with E-state index in [1.165, 1.54) is 0 Å². The second kappa shape index (κ2) is 7.81. The highest BCUT2D eigenvalue weighted by atomic mass is 32.2. The number of para-hydroxylation sites is 1. The Balaban J connectivity index is 1.71. The fourth-order valence-corrected chi connectivity index (χ4v) is 3.01. The number of hydrogen-bond acceptors (Lipinski definition) is 7. The molecule has 0 radical (unpaired) electrons. The molecule has 4 aromatic rings. The zero-order chi connectivity index (χ0) is 20.3. The maximum atomic E-state index is 11.4. The molecule has 0 aliphatic rings. The number of rotatable bonds is 4. The zero-order valence-electron chi connectivity index (χ0n) is 15.5. The van der Waals surface area contributed by atoms with Crippen LogP contribution in [0.25, 0.3) is 22.1 Å². The predicted molar refractivity (Wildman–Crippen MR) is 110 cm³/mol. The van der Waals surface area contributed by atoms with Crippen LogP contribution in [0.4, 0.5) is 0 Å². The van der Waals surface area contributed by atoms with Gasteiger partial charge in [0.25, 0.3) is 0 Å². The monoisotopic (exact) mass is 404 g/mol. The first-order valence-electron chi connectivity index (χ1n) is 8.78. The molecule has 0 bridgehead atoms. The summed E-state index contributed by atoms with van der Waals surface area (Å²) < 4.78 is 28.3. The van der Waals surface area contributed by atoms with E-state index in [1.807, 2.05) is 30.3 Å². The van der Waals surface area contributed by atoms with Gasteiger partial charge in [-0.15, -0.1) is 0 Å². The number of sulfone groups is 1. The van der Waals surface area contributed by atoms with Crippen molar-refractivity contribution in [3.8, 4) is 17.7 Å². The number of benzene rings is 1. The molecule has 0 aliphatic carbocycles. The predicted octanol–water partition coefficient (Wildman–Crippen LogP) is 2.40. The summed E-state index contributed by atoms with van der Waals surface area (Å²) in [5.74, 6) is 6.03. The molecule has 144 valence electrons. The van der Waals surface area contributed by atoms with Gasteiger partial charge in [-0.3, -0.25) is 4.98 Å². The van der Waals surface area contributed by atoms with Crippen LogP contribution in [0.5, 0.6) is 5.88 Å². The molecule has 8 heteroatoms. The van der Waals surface area contributed by atoms with Gasteiger partial charge in [-0.25, -0.2) is 23.4 Å². The van der Waals surface area contributed by atoms with Crippen LogP contribution in [0.1, 0.15) is 11.3 Å². The highest BCUT2D eigenvalue weighted by Gasteiger charge is 2.11. The Labute approximate surface area is 167 Å². The van der Waals surface area contributed by atoms with Gasteiger partial charge in [-0.05, 0) is 30.2 Å². The number of fused-ring (bicyclic) bond motifs is 2. The molecule has 0 fully saturated rings. The molecule has 0 amide bonds. The maximum absolute atomic E-state index is 11.4. The molecule has 29 heavy (non-hydrogen) atoms. The molecule has 0 saturated carbocycles. The molecular weight excluding hydrogens is 388 g/mol. The lowest BCUT2D eigenvalue weighted by molar-refractivity contribution is 0.326. The molecule has 0 unspecified atom stereocenters. The third-order valence-electron chi connectivity index (χ3n) is 4.02. The van der Waals surface area contributed by atoms with Crippen molar-refractivity contribution in [3.05, 3.63) is 66.1 Å². The van der Waals surface area contributed by atoms with Crippen LogP contribution in [-0.4, -0.2) is 47.0 Å². The van der Waals surface area contributed by atoms with Gasteiger partial charge >= 0.3 is 0 Å². The van der Waals surface area contributed by atoms with Gasteiger partial charge in [0.15, 0.2) is 21.2 Å². The van der Waals surface area contributed by atoms with Gasteiger partial charge in [0.1, 0.15) is 12.1 Å². The van der Waals surface area contributed by atoms with E-state index in [0.29, 0.717) is 16.7 Å². The summed E-state index contributed by atoms with van der Waals surface area (Å²) in [6, 6.07) is 13.2. The third kappa shape index (κ3) is 4.65. The molecule has 0 atom stereocenters. The molecule has 1 aromatic carbocycles. The largest absolute Gasteiger partial charge is 0.475 e. The lowest BCUT2D eigenvalue weighted by atomic mass is 10.1. The van der Waals surface area contributed by atoms with Crippen LogP contribution in [0.15, 0.2) is 54.9 Å². The maximum Gasteiger partial charge on any atom is 0.249 e. The summed E-state index contributed by atoms with van der Waals surface area (Å²) in [5, 5.41) is 0.982. The van der Waals surface area contributed by atoms with Gasteiger partial charge in [-0.2, -0.15) is 0 Å². The van der Waals surface area contributed by atoms with Crippen LogP contribution in [0.3, 0.4) is 0 Å². The smallest absolute Gasteiger partial charge is 0.249 e. The van der Waals surface area contributed by atoms with Crippen molar-refractivity contribution in [2.75, 3.05) is 18.6 Å². The second-order valence-electron chi connectivity index (χ2n) is 6.37. The van der Waals surface area contributed by atoms with Crippen LogP contribution in [-0.2, 0) is 9.84 Å². The number of ether oxygens (including phenoxy) is 1.